The number of pyridine rings is 1. The topological polar surface area (TPSA) is 70.9 Å². The number of aliphatic hydroxyl groups is 1. The third kappa shape index (κ3) is 3.80. The van der Waals surface area contributed by atoms with Crippen LogP contribution in [0.2, 0.25) is 0 Å². The fourth-order valence-corrected chi connectivity index (χ4v) is 2.47. The zero-order chi connectivity index (χ0) is 17.8. The molecule has 0 radical (unpaired) electrons. The van der Waals surface area contributed by atoms with Crippen LogP contribution in [0, 0.1) is 19.7 Å². The van der Waals surface area contributed by atoms with Crippen molar-refractivity contribution in [2.75, 3.05) is 11.9 Å². The molecule has 1 aromatic carbocycles. The van der Waals surface area contributed by atoms with E-state index in [0.29, 0.717) is 11.6 Å². The summed E-state index contributed by atoms with van der Waals surface area (Å²) < 4.78 is 13.8. The van der Waals surface area contributed by atoms with Crippen molar-refractivity contribution >= 4 is 5.82 Å². The maximum absolute atomic E-state index is 13.8. The number of hydrogen-bond donors (Lipinski definition) is 2. The van der Waals surface area contributed by atoms with E-state index in [1.807, 2.05) is 26.0 Å². The summed E-state index contributed by atoms with van der Waals surface area (Å²) in [5.41, 5.74) is 2.78. The van der Waals surface area contributed by atoms with Crippen LogP contribution >= 0.6 is 0 Å². The van der Waals surface area contributed by atoms with Gasteiger partial charge in [-0.15, -0.1) is 0 Å². The first-order chi connectivity index (χ1) is 12.1. The molecule has 6 heteroatoms. The lowest BCUT2D eigenvalue weighted by Crippen LogP contribution is -2.16. The second-order valence-electron chi connectivity index (χ2n) is 5.77. The number of aliphatic hydroxyl groups excluding tert-OH is 1. The Labute approximate surface area is 145 Å². The molecule has 0 aliphatic carbocycles. The Kier molecular flexibility index (Phi) is 5.00. The van der Waals surface area contributed by atoms with E-state index in [-0.39, 0.29) is 12.1 Å². The van der Waals surface area contributed by atoms with Crippen LogP contribution in [0.15, 0.2) is 48.8 Å². The summed E-state index contributed by atoms with van der Waals surface area (Å²) in [6, 6.07) is 9.90. The summed E-state index contributed by atoms with van der Waals surface area (Å²) in [7, 11) is 0. The van der Waals surface area contributed by atoms with E-state index in [2.05, 4.69) is 20.3 Å². The SMILES string of the molecule is Cc1nc(-c2cccnc2)nc(NCC(O)c2ccccc2F)c1C. The fourth-order valence-electron chi connectivity index (χ4n) is 2.47. The molecule has 0 saturated carbocycles. The second kappa shape index (κ2) is 7.36. The number of aryl methyl sites for hydroxylation is 1. The Morgan fingerprint density at radius 2 is 1.92 bits per heavy atom. The van der Waals surface area contributed by atoms with Crippen molar-refractivity contribution in [1.82, 2.24) is 15.0 Å². The molecule has 0 saturated heterocycles. The summed E-state index contributed by atoms with van der Waals surface area (Å²) in [5.74, 6) is 0.740. The molecule has 5 nitrogen and oxygen atoms in total. The highest BCUT2D eigenvalue weighted by Crippen LogP contribution is 2.22. The van der Waals surface area contributed by atoms with Crippen molar-refractivity contribution in [2.45, 2.75) is 20.0 Å². The monoisotopic (exact) mass is 338 g/mol. The standard InChI is InChI=1S/C19H19FN4O/c1-12-13(2)23-19(14-6-5-9-21-10-14)24-18(12)22-11-17(25)15-7-3-4-8-16(15)20/h3-10,17,25H,11H2,1-2H3,(H,22,23,24). The van der Waals surface area contributed by atoms with Gasteiger partial charge >= 0.3 is 0 Å². The zero-order valence-corrected chi connectivity index (χ0v) is 14.1. The van der Waals surface area contributed by atoms with E-state index in [1.165, 1.54) is 6.07 Å². The number of nitrogens with one attached hydrogen (secondary N) is 1. The van der Waals surface area contributed by atoms with Crippen molar-refractivity contribution in [3.63, 3.8) is 0 Å². The molecule has 1 atom stereocenters. The predicted octanol–water partition coefficient (Wildman–Crippen LogP) is 3.44. The van der Waals surface area contributed by atoms with E-state index in [0.717, 1.165) is 16.8 Å². The van der Waals surface area contributed by atoms with Crippen LogP contribution in [0.25, 0.3) is 11.4 Å². The average molecular weight is 338 g/mol. The normalized spacial score (nSPS) is 12.0. The van der Waals surface area contributed by atoms with E-state index in [9.17, 15) is 9.50 Å². The van der Waals surface area contributed by atoms with Crippen molar-refractivity contribution in [3.05, 3.63) is 71.4 Å². The number of aromatic nitrogens is 3. The molecule has 25 heavy (non-hydrogen) atoms. The first kappa shape index (κ1) is 17.0. The fraction of sp³-hybridized carbons (Fsp3) is 0.211. The molecule has 1 unspecified atom stereocenters. The number of hydrogen-bond acceptors (Lipinski definition) is 5. The Balaban J connectivity index is 1.83. The average Bonchev–Trinajstić information content (AvgIpc) is 2.63. The molecule has 0 spiro atoms. The van der Waals surface area contributed by atoms with Crippen LogP contribution in [0.3, 0.4) is 0 Å². The number of rotatable bonds is 5. The Bertz CT molecular complexity index is 871. The third-order valence-electron chi connectivity index (χ3n) is 4.04. The molecule has 0 amide bonds. The highest BCUT2D eigenvalue weighted by atomic mass is 19.1. The van der Waals surface area contributed by atoms with Crippen LogP contribution < -0.4 is 5.32 Å². The van der Waals surface area contributed by atoms with Gasteiger partial charge < -0.3 is 10.4 Å². The van der Waals surface area contributed by atoms with Crippen LogP contribution in [-0.4, -0.2) is 26.6 Å². The van der Waals surface area contributed by atoms with E-state index >= 15 is 0 Å². The van der Waals surface area contributed by atoms with Gasteiger partial charge in [-0.25, -0.2) is 14.4 Å². The Morgan fingerprint density at radius 1 is 1.12 bits per heavy atom. The van der Waals surface area contributed by atoms with Crippen molar-refractivity contribution in [3.8, 4) is 11.4 Å². The Morgan fingerprint density at radius 3 is 2.64 bits per heavy atom. The van der Waals surface area contributed by atoms with Gasteiger partial charge in [0, 0.05) is 41.3 Å². The predicted molar refractivity (Wildman–Crippen MR) is 94.6 cm³/mol. The summed E-state index contributed by atoms with van der Waals surface area (Å²) in [6.45, 7) is 3.94. The molecule has 2 heterocycles. The zero-order valence-electron chi connectivity index (χ0n) is 14.1. The maximum atomic E-state index is 13.8. The van der Waals surface area contributed by atoms with Crippen LogP contribution in [0.5, 0.6) is 0 Å². The summed E-state index contributed by atoms with van der Waals surface area (Å²) in [6.07, 6.45) is 2.41. The number of anilines is 1. The van der Waals surface area contributed by atoms with Crippen molar-refractivity contribution < 1.29 is 9.50 Å². The number of benzene rings is 1. The molecule has 0 aliphatic rings. The van der Waals surface area contributed by atoms with Gasteiger partial charge in [0.2, 0.25) is 0 Å². The van der Waals surface area contributed by atoms with Gasteiger partial charge in [0.1, 0.15) is 11.6 Å². The van der Waals surface area contributed by atoms with Gasteiger partial charge in [0.05, 0.1) is 6.10 Å². The highest BCUT2D eigenvalue weighted by Gasteiger charge is 2.14. The van der Waals surface area contributed by atoms with Gasteiger partial charge in [0.15, 0.2) is 5.82 Å². The maximum Gasteiger partial charge on any atom is 0.163 e. The summed E-state index contributed by atoms with van der Waals surface area (Å²) >= 11 is 0. The Hall–Kier alpha value is -2.86. The molecule has 3 aromatic rings. The molecule has 0 aliphatic heterocycles. The minimum absolute atomic E-state index is 0.144. The van der Waals surface area contributed by atoms with E-state index in [4.69, 9.17) is 0 Å². The lowest BCUT2D eigenvalue weighted by Gasteiger charge is -2.16. The van der Waals surface area contributed by atoms with E-state index < -0.39 is 11.9 Å². The van der Waals surface area contributed by atoms with Gasteiger partial charge in [-0.2, -0.15) is 0 Å². The highest BCUT2D eigenvalue weighted by molar-refractivity contribution is 5.58. The van der Waals surface area contributed by atoms with Gasteiger partial charge in [-0.05, 0) is 32.0 Å². The van der Waals surface area contributed by atoms with Gasteiger partial charge in [0.25, 0.3) is 0 Å². The molecule has 128 valence electrons. The molecule has 3 rings (SSSR count). The summed E-state index contributed by atoms with van der Waals surface area (Å²) in [4.78, 5) is 13.1. The van der Waals surface area contributed by atoms with Crippen LogP contribution in [0.4, 0.5) is 10.2 Å². The summed E-state index contributed by atoms with van der Waals surface area (Å²) in [5, 5.41) is 13.4. The van der Waals surface area contributed by atoms with Crippen molar-refractivity contribution in [2.24, 2.45) is 0 Å². The molecule has 0 fully saturated rings. The third-order valence-corrected chi connectivity index (χ3v) is 4.04. The number of halogens is 1. The minimum atomic E-state index is -0.974. The van der Waals surface area contributed by atoms with E-state index in [1.54, 1.807) is 30.6 Å². The van der Waals surface area contributed by atoms with Crippen LogP contribution in [-0.2, 0) is 0 Å². The van der Waals surface area contributed by atoms with Crippen molar-refractivity contribution in [1.29, 1.82) is 0 Å². The second-order valence-corrected chi connectivity index (χ2v) is 5.77. The first-order valence-electron chi connectivity index (χ1n) is 7.98. The first-order valence-corrected chi connectivity index (χ1v) is 7.98. The number of nitrogens with zero attached hydrogens (tertiary/aromatic N) is 3. The smallest absolute Gasteiger partial charge is 0.163 e. The molecular weight excluding hydrogens is 319 g/mol. The molecule has 2 aromatic heterocycles. The molecule has 0 bridgehead atoms. The van der Waals surface area contributed by atoms with Gasteiger partial charge in [-0.1, -0.05) is 18.2 Å². The van der Waals surface area contributed by atoms with Gasteiger partial charge in [-0.3, -0.25) is 4.98 Å². The molecular formula is C19H19FN4O. The largest absolute Gasteiger partial charge is 0.386 e. The molecule has 2 N–H and O–H groups in total. The minimum Gasteiger partial charge on any atom is -0.386 e. The lowest BCUT2D eigenvalue weighted by molar-refractivity contribution is 0.186. The van der Waals surface area contributed by atoms with Crippen LogP contribution in [0.1, 0.15) is 22.9 Å². The quantitative estimate of drug-likeness (QED) is 0.746. The lowest BCUT2D eigenvalue weighted by atomic mass is 10.1.